The lowest BCUT2D eigenvalue weighted by Crippen LogP contribution is -2.58. The molecule has 1 aliphatic heterocycles. The van der Waals surface area contributed by atoms with Gasteiger partial charge in [0.25, 0.3) is 5.22 Å². The van der Waals surface area contributed by atoms with Crippen LogP contribution in [0.1, 0.15) is 0 Å². The van der Waals surface area contributed by atoms with Crippen molar-refractivity contribution in [2.45, 2.75) is 18.1 Å². The zero-order valence-electron chi connectivity index (χ0n) is 6.34. The smallest absolute Gasteiger partial charge is 0.420 e. The van der Waals surface area contributed by atoms with Crippen LogP contribution in [0.5, 0.6) is 0 Å². The van der Waals surface area contributed by atoms with E-state index in [1.54, 1.807) is 0 Å². The largest absolute Gasteiger partial charge is 0.478 e. The minimum absolute atomic E-state index is 1.73. The Hall–Kier alpha value is -0.860. The van der Waals surface area contributed by atoms with Crippen molar-refractivity contribution >= 4 is 11.6 Å². The second kappa shape index (κ2) is 3.06. The highest BCUT2D eigenvalue weighted by Crippen LogP contribution is 2.53. The second-order valence-corrected chi connectivity index (χ2v) is 2.71. The fraction of sp³-hybridized carbons (Fsp3) is 0.600. The highest BCUT2D eigenvalue weighted by molar-refractivity contribution is 6.28. The molecule has 10 heteroatoms. The van der Waals surface area contributed by atoms with E-state index in [-0.39, 0.29) is 0 Å². The van der Waals surface area contributed by atoms with Crippen molar-refractivity contribution in [3.63, 3.8) is 0 Å². The maximum atomic E-state index is 12.3. The first-order valence-electron chi connectivity index (χ1n) is 3.08. The molecule has 0 saturated heterocycles. The van der Waals surface area contributed by atoms with E-state index in [4.69, 9.17) is 0 Å². The van der Waals surface area contributed by atoms with E-state index in [0.29, 0.717) is 0 Å². The Bertz CT molecular complexity index is 273. The van der Waals surface area contributed by atoms with Crippen LogP contribution in [0, 0.1) is 0 Å². The molecule has 1 rings (SSSR count). The van der Waals surface area contributed by atoms with Crippen LogP contribution in [0.25, 0.3) is 0 Å². The van der Waals surface area contributed by atoms with Crippen molar-refractivity contribution in [2.24, 2.45) is 0 Å². The summed E-state index contributed by atoms with van der Waals surface area (Å²) in [6, 6.07) is -2.27. The first kappa shape index (κ1) is 12.2. The summed E-state index contributed by atoms with van der Waals surface area (Å²) in [5.41, 5.74) is 0. The fourth-order valence-corrected chi connectivity index (χ4v) is 0.893. The van der Waals surface area contributed by atoms with Crippen molar-refractivity contribution in [3.8, 4) is 0 Å². The van der Waals surface area contributed by atoms with E-state index in [2.05, 4.69) is 21.1 Å². The highest BCUT2D eigenvalue weighted by Gasteiger charge is 2.80. The predicted molar refractivity (Wildman–Crippen MR) is 31.0 cm³/mol. The van der Waals surface area contributed by atoms with Gasteiger partial charge < -0.3 is 9.47 Å². The van der Waals surface area contributed by atoms with E-state index in [0.717, 1.165) is 0 Å². The molecule has 0 N–H and O–H groups in total. The monoisotopic (exact) mass is 260 g/mol. The Morgan fingerprint density at radius 1 is 0.933 bits per heavy atom. The van der Waals surface area contributed by atoms with Gasteiger partial charge in [0, 0.05) is 0 Å². The molecule has 2 nitrogen and oxygen atoms in total. The molecule has 0 bridgehead atoms. The van der Waals surface area contributed by atoms with Crippen molar-refractivity contribution < 1.29 is 40.2 Å². The topological polar surface area (TPSA) is 18.5 Å². The van der Waals surface area contributed by atoms with Gasteiger partial charge in [-0.3, -0.25) is 0 Å². The summed E-state index contributed by atoms with van der Waals surface area (Å²) < 4.78 is 90.7. The summed E-state index contributed by atoms with van der Waals surface area (Å²) in [6.45, 7) is 0. The molecule has 0 spiro atoms. The molecule has 0 aromatic carbocycles. The normalized spacial score (nSPS) is 21.3. The number of alkyl halides is 6. The first-order valence-corrected chi connectivity index (χ1v) is 3.46. The number of ether oxygens (including phenoxy) is 2. The van der Waals surface area contributed by atoms with Crippen molar-refractivity contribution in [1.29, 1.82) is 0 Å². The summed E-state index contributed by atoms with van der Waals surface area (Å²) in [5.74, 6) is -5.07. The molecule has 1 aliphatic rings. The molecule has 0 aromatic rings. The molecule has 0 radical (unpaired) electrons. The van der Waals surface area contributed by atoms with Crippen LogP contribution in [0.15, 0.2) is 11.2 Å². The quantitative estimate of drug-likeness (QED) is 0.623. The van der Waals surface area contributed by atoms with E-state index in [1.807, 2.05) is 0 Å². The van der Waals surface area contributed by atoms with Gasteiger partial charge in [-0.2, -0.15) is 30.7 Å². The van der Waals surface area contributed by atoms with Crippen LogP contribution < -0.4 is 0 Å². The van der Waals surface area contributed by atoms with Gasteiger partial charge in [0.05, 0.1) is 0 Å². The average Bonchev–Trinajstić information content (AvgIpc) is 2.26. The van der Waals surface area contributed by atoms with Crippen LogP contribution in [0.2, 0.25) is 0 Å². The van der Waals surface area contributed by atoms with Gasteiger partial charge in [0.2, 0.25) is 0 Å². The molecule has 0 aromatic heterocycles. The number of halogens is 8. The molecular formula is C5ClF7O2. The summed E-state index contributed by atoms with van der Waals surface area (Å²) in [5, 5.41) is -1.73. The van der Waals surface area contributed by atoms with E-state index in [9.17, 15) is 30.7 Å². The maximum absolute atomic E-state index is 12.3. The molecule has 0 saturated carbocycles. The fourth-order valence-electron chi connectivity index (χ4n) is 0.746. The van der Waals surface area contributed by atoms with Gasteiger partial charge in [-0.25, -0.2) is 0 Å². The molecular weight excluding hydrogens is 260 g/mol. The lowest BCUT2D eigenvalue weighted by molar-refractivity contribution is -0.439. The van der Waals surface area contributed by atoms with Crippen LogP contribution in [0.3, 0.4) is 0 Å². The zero-order chi connectivity index (χ0) is 12.1. The lowest BCUT2D eigenvalue weighted by atomic mass is 10.2. The minimum Gasteiger partial charge on any atom is -0.420 e. The standard InChI is InChI=1S/C5ClF7O2/c6-1-2(7)15-3(14-1,4(8,9)10)5(11,12)13. The van der Waals surface area contributed by atoms with Gasteiger partial charge in [-0.15, -0.1) is 0 Å². The molecule has 0 amide bonds. The average molecular weight is 260 g/mol. The minimum atomic E-state index is -6.01. The summed E-state index contributed by atoms with van der Waals surface area (Å²) >= 11 is 4.62. The third-order valence-corrected chi connectivity index (χ3v) is 1.59. The number of hydrogen-bond donors (Lipinski definition) is 0. The first-order chi connectivity index (χ1) is 6.51. The van der Waals surface area contributed by atoms with Crippen LogP contribution >= 0.6 is 11.6 Å². The SMILES string of the molecule is FC1=C(Cl)OC(C(F)(F)F)(C(F)(F)F)O1. The maximum Gasteiger partial charge on any atom is 0.478 e. The molecule has 88 valence electrons. The van der Waals surface area contributed by atoms with E-state index < -0.39 is 29.4 Å². The van der Waals surface area contributed by atoms with Crippen LogP contribution in [-0.4, -0.2) is 18.1 Å². The molecule has 0 atom stereocenters. The van der Waals surface area contributed by atoms with Gasteiger partial charge in [0.1, 0.15) is 0 Å². The van der Waals surface area contributed by atoms with Crippen LogP contribution in [0.4, 0.5) is 30.7 Å². The highest BCUT2D eigenvalue weighted by atomic mass is 35.5. The number of rotatable bonds is 0. The van der Waals surface area contributed by atoms with E-state index in [1.165, 1.54) is 0 Å². The Morgan fingerprint density at radius 2 is 1.33 bits per heavy atom. The third-order valence-electron chi connectivity index (χ3n) is 1.37. The molecule has 0 unspecified atom stereocenters. The Morgan fingerprint density at radius 3 is 1.47 bits per heavy atom. The Kier molecular flexibility index (Phi) is 2.49. The third kappa shape index (κ3) is 1.68. The van der Waals surface area contributed by atoms with Crippen molar-refractivity contribution in [3.05, 3.63) is 11.2 Å². The molecule has 0 fully saturated rings. The van der Waals surface area contributed by atoms with Crippen LogP contribution in [-0.2, 0) is 9.47 Å². The van der Waals surface area contributed by atoms with Gasteiger partial charge >= 0.3 is 24.2 Å². The van der Waals surface area contributed by atoms with Gasteiger partial charge in [-0.1, -0.05) is 0 Å². The van der Waals surface area contributed by atoms with Gasteiger partial charge in [0.15, 0.2) is 0 Å². The predicted octanol–water partition coefficient (Wildman–Crippen LogP) is 3.19. The summed E-state index contributed by atoms with van der Waals surface area (Å²) in [4.78, 5) is 0. The summed E-state index contributed by atoms with van der Waals surface area (Å²) in [6.07, 6.45) is -12.0. The molecule has 1 heterocycles. The lowest BCUT2D eigenvalue weighted by Gasteiger charge is -2.30. The zero-order valence-corrected chi connectivity index (χ0v) is 7.10. The van der Waals surface area contributed by atoms with E-state index >= 15 is 0 Å². The number of hydrogen-bond acceptors (Lipinski definition) is 2. The Balaban J connectivity index is 3.16. The second-order valence-electron chi connectivity index (χ2n) is 2.36. The van der Waals surface area contributed by atoms with Gasteiger partial charge in [-0.05, 0) is 11.6 Å². The molecule has 15 heavy (non-hydrogen) atoms. The summed E-state index contributed by atoms with van der Waals surface area (Å²) in [7, 11) is 0. The Labute approximate surface area is 82.2 Å². The molecule has 0 aliphatic carbocycles. The van der Waals surface area contributed by atoms with Crippen molar-refractivity contribution in [1.82, 2.24) is 0 Å². The van der Waals surface area contributed by atoms with Crippen molar-refractivity contribution in [2.75, 3.05) is 0 Å².